The molecule has 0 unspecified atom stereocenters. The lowest BCUT2D eigenvalue weighted by Crippen LogP contribution is -2.30. The third kappa shape index (κ3) is 3.24. The molecule has 0 aliphatic heterocycles. The zero-order valence-electron chi connectivity index (χ0n) is 14.3. The van der Waals surface area contributed by atoms with Crippen LogP contribution in [0.2, 0.25) is 0 Å². The van der Waals surface area contributed by atoms with Crippen LogP contribution >= 0.6 is 7.60 Å². The van der Waals surface area contributed by atoms with Gasteiger partial charge in [0, 0.05) is 11.1 Å². The third-order valence-electron chi connectivity index (χ3n) is 4.49. The van der Waals surface area contributed by atoms with Crippen LogP contribution in [0.15, 0.2) is 0 Å². The molecule has 23 heavy (non-hydrogen) atoms. The van der Waals surface area contributed by atoms with Crippen LogP contribution < -0.4 is 5.44 Å². The lowest BCUT2D eigenvalue weighted by atomic mass is 9.86. The molecule has 7 heteroatoms. The minimum Gasteiger partial charge on any atom is -0.396 e. The molecule has 1 heterocycles. The molecule has 2 N–H and O–H groups in total. The van der Waals surface area contributed by atoms with Crippen LogP contribution in [0.5, 0.6) is 0 Å². The normalized spacial score (nSPS) is 16.6. The second-order valence-corrected chi connectivity index (χ2v) is 8.04. The van der Waals surface area contributed by atoms with Crippen molar-refractivity contribution >= 4 is 13.0 Å². The Kier molecular flexibility index (Phi) is 5.64. The highest BCUT2D eigenvalue weighted by Crippen LogP contribution is 2.49. The molecule has 0 atom stereocenters. The lowest BCUT2D eigenvalue weighted by molar-refractivity contribution is 0.0633. The summed E-state index contributed by atoms with van der Waals surface area (Å²) in [6.45, 7) is 7.60. The fraction of sp³-hybridized carbons (Fsp3) is 0.688. The number of hydrogen-bond donors (Lipinski definition) is 2. The van der Waals surface area contributed by atoms with Crippen LogP contribution in [0.25, 0.3) is 0 Å². The lowest BCUT2D eigenvalue weighted by Gasteiger charge is -2.23. The largest absolute Gasteiger partial charge is 0.396 e. The number of rotatable bonds is 7. The smallest absolute Gasteiger partial charge is 0.379 e. The van der Waals surface area contributed by atoms with Crippen molar-refractivity contribution in [1.29, 1.82) is 0 Å². The molecule has 0 amide bonds. The molecule has 0 bridgehead atoms. The summed E-state index contributed by atoms with van der Waals surface area (Å²) in [7, 11) is -3.46. The van der Waals surface area contributed by atoms with Gasteiger partial charge in [-0.05, 0) is 57.2 Å². The van der Waals surface area contributed by atoms with Gasteiger partial charge < -0.3 is 19.3 Å². The standard InChI is InChI=1S/C16H26NO5P/c1-5-21-23(20,22-6-2)15-11(3)13-7-16(9-18,10-19)8-14(13)12(4)17-15/h18-19H,5-10H2,1-4H3. The predicted molar refractivity (Wildman–Crippen MR) is 88.2 cm³/mol. The fourth-order valence-electron chi connectivity index (χ4n) is 3.22. The van der Waals surface area contributed by atoms with E-state index in [-0.39, 0.29) is 26.4 Å². The molecule has 0 aromatic carbocycles. The van der Waals surface area contributed by atoms with Crippen molar-refractivity contribution in [2.45, 2.75) is 40.5 Å². The maximum Gasteiger partial charge on any atom is 0.379 e. The third-order valence-corrected chi connectivity index (χ3v) is 6.65. The van der Waals surface area contributed by atoms with Gasteiger partial charge >= 0.3 is 7.60 Å². The van der Waals surface area contributed by atoms with E-state index in [0.29, 0.717) is 18.3 Å². The minimum atomic E-state index is -3.46. The first-order chi connectivity index (χ1) is 10.9. The highest BCUT2D eigenvalue weighted by Gasteiger charge is 2.41. The van der Waals surface area contributed by atoms with Crippen molar-refractivity contribution in [1.82, 2.24) is 4.98 Å². The highest BCUT2D eigenvalue weighted by atomic mass is 31.2. The van der Waals surface area contributed by atoms with Crippen molar-refractivity contribution in [2.75, 3.05) is 26.4 Å². The second kappa shape index (κ2) is 6.99. The average Bonchev–Trinajstić information content (AvgIpc) is 2.93. The Labute approximate surface area is 137 Å². The van der Waals surface area contributed by atoms with Crippen molar-refractivity contribution < 1.29 is 23.8 Å². The van der Waals surface area contributed by atoms with E-state index >= 15 is 0 Å². The molecule has 6 nitrogen and oxygen atoms in total. The first-order valence-corrected chi connectivity index (χ1v) is 9.51. The molecule has 0 saturated heterocycles. The van der Waals surface area contributed by atoms with E-state index in [4.69, 9.17) is 9.05 Å². The SMILES string of the molecule is CCOP(=O)(OCC)c1nc(C)c2c(c1C)CC(CO)(CO)C2. The average molecular weight is 343 g/mol. The van der Waals surface area contributed by atoms with Gasteiger partial charge in [-0.1, -0.05) is 0 Å². The first kappa shape index (κ1) is 18.6. The Balaban J connectivity index is 2.56. The van der Waals surface area contributed by atoms with Crippen LogP contribution in [0, 0.1) is 19.3 Å². The van der Waals surface area contributed by atoms with Gasteiger partial charge in [0.2, 0.25) is 0 Å². The number of aliphatic hydroxyl groups is 2. The number of pyridine rings is 1. The molecular formula is C16H26NO5P. The molecule has 0 radical (unpaired) electrons. The van der Waals surface area contributed by atoms with Crippen molar-refractivity contribution in [2.24, 2.45) is 5.41 Å². The molecule has 1 aromatic rings. The maximum absolute atomic E-state index is 13.1. The van der Waals surface area contributed by atoms with Crippen LogP contribution in [0.3, 0.4) is 0 Å². The van der Waals surface area contributed by atoms with Crippen LogP contribution in [-0.2, 0) is 26.5 Å². The summed E-state index contributed by atoms with van der Waals surface area (Å²) in [4.78, 5) is 4.51. The number of fused-ring (bicyclic) bond motifs is 1. The molecule has 2 rings (SSSR count). The Hall–Kier alpha value is -0.780. The van der Waals surface area contributed by atoms with Gasteiger partial charge in [-0.15, -0.1) is 0 Å². The second-order valence-electron chi connectivity index (χ2n) is 6.11. The predicted octanol–water partition coefficient (Wildman–Crippen LogP) is 1.66. The van der Waals surface area contributed by atoms with Gasteiger partial charge in [0.25, 0.3) is 0 Å². The van der Waals surface area contributed by atoms with Gasteiger partial charge in [-0.3, -0.25) is 4.57 Å². The molecular weight excluding hydrogens is 317 g/mol. The Bertz CT molecular complexity index is 617. The number of nitrogens with zero attached hydrogens (tertiary/aromatic N) is 1. The van der Waals surface area contributed by atoms with Crippen LogP contribution in [-0.4, -0.2) is 41.6 Å². The summed E-state index contributed by atoms with van der Waals surface area (Å²) in [5.41, 5.74) is 3.33. The van der Waals surface area contributed by atoms with Gasteiger partial charge in [-0.2, -0.15) is 0 Å². The Morgan fingerprint density at radius 1 is 1.09 bits per heavy atom. The summed E-state index contributed by atoms with van der Waals surface area (Å²) >= 11 is 0. The zero-order valence-corrected chi connectivity index (χ0v) is 15.2. The van der Waals surface area contributed by atoms with E-state index in [1.165, 1.54) is 0 Å². The Morgan fingerprint density at radius 3 is 2.09 bits per heavy atom. The van der Waals surface area contributed by atoms with Crippen molar-refractivity contribution in [3.8, 4) is 0 Å². The fourth-order valence-corrected chi connectivity index (χ4v) is 5.03. The summed E-state index contributed by atoms with van der Waals surface area (Å²) in [6.07, 6.45) is 1.11. The number of aromatic nitrogens is 1. The van der Waals surface area contributed by atoms with Crippen LogP contribution in [0.1, 0.15) is 36.2 Å². The van der Waals surface area contributed by atoms with Gasteiger partial charge in [-0.25, -0.2) is 4.98 Å². The molecule has 1 aliphatic rings. The van der Waals surface area contributed by atoms with E-state index < -0.39 is 13.0 Å². The van der Waals surface area contributed by atoms with E-state index in [2.05, 4.69) is 4.98 Å². The van der Waals surface area contributed by atoms with E-state index in [1.54, 1.807) is 13.8 Å². The maximum atomic E-state index is 13.1. The highest BCUT2D eigenvalue weighted by molar-refractivity contribution is 7.62. The van der Waals surface area contributed by atoms with Crippen LogP contribution in [0.4, 0.5) is 0 Å². The van der Waals surface area contributed by atoms with E-state index in [0.717, 1.165) is 22.4 Å². The first-order valence-electron chi connectivity index (χ1n) is 7.96. The summed E-state index contributed by atoms with van der Waals surface area (Å²) in [6, 6.07) is 0. The van der Waals surface area contributed by atoms with Gasteiger partial charge in [0.1, 0.15) is 0 Å². The molecule has 0 saturated carbocycles. The monoisotopic (exact) mass is 343 g/mol. The van der Waals surface area contributed by atoms with E-state index in [1.807, 2.05) is 13.8 Å². The Morgan fingerprint density at radius 2 is 1.61 bits per heavy atom. The topological polar surface area (TPSA) is 88.9 Å². The summed E-state index contributed by atoms with van der Waals surface area (Å²) in [5.74, 6) is 0. The summed E-state index contributed by atoms with van der Waals surface area (Å²) < 4.78 is 23.9. The molecule has 130 valence electrons. The van der Waals surface area contributed by atoms with Crippen molar-refractivity contribution in [3.05, 3.63) is 22.4 Å². The molecule has 0 fully saturated rings. The molecule has 1 aromatic heterocycles. The van der Waals surface area contributed by atoms with E-state index in [9.17, 15) is 14.8 Å². The number of aliphatic hydroxyl groups excluding tert-OH is 2. The van der Waals surface area contributed by atoms with Gasteiger partial charge in [0.15, 0.2) is 5.44 Å². The summed E-state index contributed by atoms with van der Waals surface area (Å²) in [5, 5.41) is 19.4. The zero-order chi connectivity index (χ0) is 17.3. The van der Waals surface area contributed by atoms with Gasteiger partial charge in [0.05, 0.1) is 26.4 Å². The molecule has 0 spiro atoms. The van der Waals surface area contributed by atoms with Crippen molar-refractivity contribution in [3.63, 3.8) is 0 Å². The number of hydrogen-bond acceptors (Lipinski definition) is 6. The minimum absolute atomic E-state index is 0.0963. The molecule has 1 aliphatic carbocycles. The quantitative estimate of drug-likeness (QED) is 0.732. The number of aryl methyl sites for hydroxylation is 1.